The Balaban J connectivity index is 1.42. The van der Waals surface area contributed by atoms with Crippen molar-refractivity contribution in [2.75, 3.05) is 0 Å². The SMILES string of the molecule is Cc1ccc(S(=O)(=O)Oc2ccccc2C2NN=C(c3cccc4ccccc34)S2)cc1. The molecule has 1 aliphatic rings. The van der Waals surface area contributed by atoms with Crippen molar-refractivity contribution in [2.24, 2.45) is 5.10 Å². The first kappa shape index (κ1) is 20.6. The maximum atomic E-state index is 12.8. The predicted octanol–water partition coefficient (Wildman–Crippen LogP) is 5.61. The average Bonchev–Trinajstić information content (AvgIpc) is 3.29. The maximum absolute atomic E-state index is 12.8. The number of fused-ring (bicyclic) bond motifs is 1. The van der Waals surface area contributed by atoms with E-state index in [1.165, 1.54) is 11.8 Å². The third kappa shape index (κ3) is 3.97. The zero-order chi connectivity index (χ0) is 22.1. The van der Waals surface area contributed by atoms with E-state index in [1.54, 1.807) is 36.4 Å². The topological polar surface area (TPSA) is 67.8 Å². The summed E-state index contributed by atoms with van der Waals surface area (Å²) in [4.78, 5) is 0.123. The van der Waals surface area contributed by atoms with E-state index in [0.717, 1.165) is 26.9 Å². The summed E-state index contributed by atoms with van der Waals surface area (Å²) in [6.45, 7) is 1.91. The van der Waals surface area contributed by atoms with Gasteiger partial charge in [-0.2, -0.15) is 13.5 Å². The van der Waals surface area contributed by atoms with Gasteiger partial charge >= 0.3 is 10.1 Å². The van der Waals surface area contributed by atoms with Crippen LogP contribution >= 0.6 is 11.8 Å². The van der Waals surface area contributed by atoms with E-state index in [1.807, 2.05) is 43.3 Å². The third-order valence-corrected chi connectivity index (χ3v) is 7.62. The van der Waals surface area contributed by atoms with E-state index in [9.17, 15) is 8.42 Å². The molecule has 0 saturated carbocycles. The number of para-hydroxylation sites is 1. The van der Waals surface area contributed by atoms with E-state index in [2.05, 4.69) is 28.7 Å². The molecule has 1 atom stereocenters. The van der Waals surface area contributed by atoms with Crippen LogP contribution in [0.5, 0.6) is 5.75 Å². The van der Waals surface area contributed by atoms with E-state index in [0.29, 0.717) is 5.56 Å². The molecule has 0 aromatic heterocycles. The number of aryl methyl sites for hydroxylation is 1. The molecule has 1 heterocycles. The zero-order valence-electron chi connectivity index (χ0n) is 17.2. The second-order valence-corrected chi connectivity index (χ2v) is 10.1. The van der Waals surface area contributed by atoms with Crippen molar-refractivity contribution < 1.29 is 12.6 Å². The van der Waals surface area contributed by atoms with Crippen LogP contribution in [0.4, 0.5) is 0 Å². The Labute approximate surface area is 191 Å². The molecule has 32 heavy (non-hydrogen) atoms. The lowest BCUT2D eigenvalue weighted by atomic mass is 10.1. The smallest absolute Gasteiger partial charge is 0.339 e. The molecule has 160 valence electrons. The van der Waals surface area contributed by atoms with Gasteiger partial charge in [-0.3, -0.25) is 5.43 Å². The van der Waals surface area contributed by atoms with Gasteiger partial charge in [-0.25, -0.2) is 0 Å². The van der Waals surface area contributed by atoms with Gasteiger partial charge < -0.3 is 4.18 Å². The van der Waals surface area contributed by atoms with Crippen LogP contribution < -0.4 is 9.61 Å². The molecular weight excluding hydrogens is 440 g/mol. The van der Waals surface area contributed by atoms with Crippen molar-refractivity contribution in [1.82, 2.24) is 5.43 Å². The molecule has 0 fully saturated rings. The van der Waals surface area contributed by atoms with E-state index < -0.39 is 10.1 Å². The molecule has 7 heteroatoms. The molecule has 4 aromatic rings. The van der Waals surface area contributed by atoms with Crippen LogP contribution in [0.15, 0.2) is 101 Å². The molecule has 5 rings (SSSR count). The van der Waals surface area contributed by atoms with Gasteiger partial charge in [0.15, 0.2) is 0 Å². The Morgan fingerprint density at radius 3 is 2.44 bits per heavy atom. The van der Waals surface area contributed by atoms with Crippen molar-refractivity contribution in [3.8, 4) is 5.75 Å². The molecule has 0 radical (unpaired) electrons. The number of thioether (sulfide) groups is 1. The van der Waals surface area contributed by atoms with Crippen LogP contribution in [0, 0.1) is 6.92 Å². The molecule has 1 N–H and O–H groups in total. The highest BCUT2D eigenvalue weighted by Crippen LogP contribution is 2.40. The number of hydrazone groups is 1. The van der Waals surface area contributed by atoms with Crippen molar-refractivity contribution in [3.63, 3.8) is 0 Å². The van der Waals surface area contributed by atoms with Crippen LogP contribution in [0.2, 0.25) is 0 Å². The van der Waals surface area contributed by atoms with Gasteiger partial charge in [0.2, 0.25) is 0 Å². The van der Waals surface area contributed by atoms with Gasteiger partial charge in [0.25, 0.3) is 0 Å². The number of hydrogen-bond acceptors (Lipinski definition) is 6. The van der Waals surface area contributed by atoms with Gasteiger partial charge in [0.05, 0.1) is 0 Å². The van der Waals surface area contributed by atoms with Crippen molar-refractivity contribution in [2.45, 2.75) is 17.2 Å². The van der Waals surface area contributed by atoms with Gasteiger partial charge in [-0.15, -0.1) is 0 Å². The first-order chi connectivity index (χ1) is 15.5. The number of benzene rings is 4. The molecule has 4 aromatic carbocycles. The minimum atomic E-state index is -3.95. The summed E-state index contributed by atoms with van der Waals surface area (Å²) in [7, 11) is -3.95. The van der Waals surface area contributed by atoms with Gasteiger partial charge in [0.1, 0.15) is 21.1 Å². The number of rotatable bonds is 5. The summed E-state index contributed by atoms with van der Waals surface area (Å²) >= 11 is 1.53. The first-order valence-electron chi connectivity index (χ1n) is 10.1. The average molecular weight is 461 g/mol. The molecule has 1 aliphatic heterocycles. The summed E-state index contributed by atoms with van der Waals surface area (Å²) in [5.41, 5.74) is 5.87. The van der Waals surface area contributed by atoms with Crippen molar-refractivity contribution >= 4 is 37.7 Å². The minimum absolute atomic E-state index is 0.123. The minimum Gasteiger partial charge on any atom is -0.379 e. The summed E-state index contributed by atoms with van der Waals surface area (Å²) in [5.74, 6) is 0.285. The Hall–Kier alpha value is -3.29. The van der Waals surface area contributed by atoms with Crippen LogP contribution in [0.25, 0.3) is 10.8 Å². The number of nitrogens with zero attached hydrogens (tertiary/aromatic N) is 1. The fourth-order valence-corrected chi connectivity index (χ4v) is 5.61. The Morgan fingerprint density at radius 1 is 0.875 bits per heavy atom. The summed E-state index contributed by atoms with van der Waals surface area (Å²) < 4.78 is 31.2. The fourth-order valence-electron chi connectivity index (χ4n) is 3.59. The van der Waals surface area contributed by atoms with E-state index >= 15 is 0 Å². The van der Waals surface area contributed by atoms with Crippen LogP contribution in [-0.2, 0) is 10.1 Å². The standard InChI is InChI=1S/C25H20N2O3S2/c1-17-13-15-19(16-14-17)32(28,29)30-23-12-5-4-10-22(23)25-27-26-24(31-25)21-11-6-8-18-7-2-3-9-20(18)21/h2-16,25,27H,1H3. The van der Waals surface area contributed by atoms with Crippen LogP contribution in [0.3, 0.4) is 0 Å². The zero-order valence-corrected chi connectivity index (χ0v) is 18.9. The van der Waals surface area contributed by atoms with Gasteiger partial charge in [0, 0.05) is 11.1 Å². The number of nitrogens with one attached hydrogen (secondary N) is 1. The first-order valence-corrected chi connectivity index (χ1v) is 12.4. The fraction of sp³-hybridized carbons (Fsp3) is 0.0800. The largest absolute Gasteiger partial charge is 0.379 e. The molecule has 0 saturated heterocycles. The Kier molecular flexibility index (Phi) is 5.36. The molecule has 0 spiro atoms. The van der Waals surface area contributed by atoms with E-state index in [-0.39, 0.29) is 16.0 Å². The maximum Gasteiger partial charge on any atom is 0.339 e. The van der Waals surface area contributed by atoms with Crippen LogP contribution in [0.1, 0.15) is 22.1 Å². The lowest BCUT2D eigenvalue weighted by molar-refractivity contribution is 0.481. The lowest BCUT2D eigenvalue weighted by Crippen LogP contribution is -2.14. The number of hydrogen-bond donors (Lipinski definition) is 1. The molecule has 5 nitrogen and oxygen atoms in total. The Bertz CT molecular complexity index is 1430. The molecule has 0 amide bonds. The second-order valence-electron chi connectivity index (χ2n) is 7.46. The molecule has 0 bridgehead atoms. The quantitative estimate of drug-likeness (QED) is 0.392. The summed E-state index contributed by atoms with van der Waals surface area (Å²) in [6.07, 6.45) is 0. The second kappa shape index (κ2) is 8.33. The Morgan fingerprint density at radius 2 is 1.59 bits per heavy atom. The summed E-state index contributed by atoms with van der Waals surface area (Å²) in [5, 5.41) is 7.39. The van der Waals surface area contributed by atoms with Crippen molar-refractivity contribution in [3.05, 3.63) is 108 Å². The van der Waals surface area contributed by atoms with E-state index in [4.69, 9.17) is 4.18 Å². The van der Waals surface area contributed by atoms with Crippen molar-refractivity contribution in [1.29, 1.82) is 0 Å². The highest BCUT2D eigenvalue weighted by atomic mass is 32.2. The summed E-state index contributed by atoms with van der Waals surface area (Å²) in [6, 6.07) is 28.0. The normalized spacial score (nSPS) is 15.9. The highest BCUT2D eigenvalue weighted by molar-refractivity contribution is 8.14. The predicted molar refractivity (Wildman–Crippen MR) is 129 cm³/mol. The molecule has 1 unspecified atom stereocenters. The van der Waals surface area contributed by atoms with Crippen LogP contribution in [-0.4, -0.2) is 13.5 Å². The monoisotopic (exact) mass is 460 g/mol. The highest BCUT2D eigenvalue weighted by Gasteiger charge is 2.27. The molecule has 0 aliphatic carbocycles. The van der Waals surface area contributed by atoms with Gasteiger partial charge in [-0.1, -0.05) is 90.1 Å². The molecular formula is C25H20N2O3S2. The lowest BCUT2D eigenvalue weighted by Gasteiger charge is -2.15. The third-order valence-electron chi connectivity index (χ3n) is 5.24. The van der Waals surface area contributed by atoms with Gasteiger partial charge in [-0.05, 0) is 35.9 Å².